The molecule has 1 saturated heterocycles. The number of aliphatic hydroxyl groups is 1. The topological polar surface area (TPSA) is 84.1 Å². The predicted octanol–water partition coefficient (Wildman–Crippen LogP) is 1.74. The Morgan fingerprint density at radius 1 is 1.45 bits per heavy atom. The molecule has 2 N–H and O–H groups in total. The van der Waals surface area contributed by atoms with Gasteiger partial charge < -0.3 is 14.9 Å². The Balaban J connectivity index is 1.66. The molecule has 0 aliphatic carbocycles. The lowest BCUT2D eigenvalue weighted by Crippen LogP contribution is -2.15. The number of aliphatic hydroxyl groups excluding tert-OH is 1. The monoisotopic (exact) mass is 288 g/mol. The molecule has 2 unspecified atom stereocenters. The van der Waals surface area contributed by atoms with Gasteiger partial charge in [0.05, 0.1) is 22.4 Å². The van der Waals surface area contributed by atoms with Crippen molar-refractivity contribution in [1.29, 1.82) is 0 Å². The molecular formula is C13H12N4O2S. The number of pyridine rings is 1. The van der Waals surface area contributed by atoms with Gasteiger partial charge in [-0.2, -0.15) is 4.98 Å². The van der Waals surface area contributed by atoms with Crippen molar-refractivity contribution in [1.82, 2.24) is 20.4 Å². The zero-order valence-corrected chi connectivity index (χ0v) is 11.3. The Morgan fingerprint density at radius 2 is 2.40 bits per heavy atom. The average molecular weight is 288 g/mol. The van der Waals surface area contributed by atoms with Crippen molar-refractivity contribution in [2.24, 2.45) is 0 Å². The zero-order chi connectivity index (χ0) is 13.5. The van der Waals surface area contributed by atoms with E-state index in [1.807, 2.05) is 17.5 Å². The normalized spacial score (nSPS) is 22.6. The maximum absolute atomic E-state index is 9.52. The summed E-state index contributed by atoms with van der Waals surface area (Å²) in [7, 11) is 0. The Labute approximate surface area is 118 Å². The maximum Gasteiger partial charge on any atom is 0.244 e. The number of aromatic nitrogens is 3. The molecule has 3 aromatic heterocycles. The molecule has 1 aliphatic rings. The molecule has 1 aliphatic heterocycles. The predicted molar refractivity (Wildman–Crippen MR) is 74.3 cm³/mol. The fraction of sp³-hybridized carbons (Fsp3) is 0.308. The van der Waals surface area contributed by atoms with Crippen LogP contribution in [0.4, 0.5) is 0 Å². The lowest BCUT2D eigenvalue weighted by atomic mass is 10.2. The van der Waals surface area contributed by atoms with Gasteiger partial charge in [-0.1, -0.05) is 5.16 Å². The Kier molecular flexibility index (Phi) is 2.76. The molecule has 2 atom stereocenters. The molecule has 0 amide bonds. The molecule has 0 aromatic carbocycles. The average Bonchev–Trinajstić information content (AvgIpc) is 3.17. The number of nitrogens with one attached hydrogen (secondary N) is 1. The summed E-state index contributed by atoms with van der Waals surface area (Å²) in [6.07, 6.45) is 2.00. The molecule has 7 heteroatoms. The van der Waals surface area contributed by atoms with Crippen LogP contribution in [-0.4, -0.2) is 32.9 Å². The van der Waals surface area contributed by atoms with Crippen LogP contribution in [0.25, 0.3) is 21.6 Å². The summed E-state index contributed by atoms with van der Waals surface area (Å²) in [4.78, 5) is 8.77. The first-order valence-electron chi connectivity index (χ1n) is 6.38. The van der Waals surface area contributed by atoms with E-state index < -0.39 is 0 Å². The summed E-state index contributed by atoms with van der Waals surface area (Å²) in [6.45, 7) is 0.561. The highest BCUT2D eigenvalue weighted by atomic mass is 32.1. The van der Waals surface area contributed by atoms with Crippen LogP contribution < -0.4 is 5.32 Å². The van der Waals surface area contributed by atoms with Crippen LogP contribution in [-0.2, 0) is 0 Å². The van der Waals surface area contributed by atoms with Crippen LogP contribution in [0.15, 0.2) is 28.2 Å². The van der Waals surface area contributed by atoms with E-state index in [1.54, 1.807) is 17.5 Å². The fourth-order valence-corrected chi connectivity index (χ4v) is 3.15. The second-order valence-electron chi connectivity index (χ2n) is 4.83. The number of fused-ring (bicyclic) bond motifs is 1. The second kappa shape index (κ2) is 4.62. The van der Waals surface area contributed by atoms with Crippen molar-refractivity contribution < 1.29 is 9.63 Å². The molecule has 0 radical (unpaired) electrons. The molecule has 0 spiro atoms. The van der Waals surface area contributed by atoms with E-state index in [-0.39, 0.29) is 12.1 Å². The summed E-state index contributed by atoms with van der Waals surface area (Å²) in [6, 6.07) is 3.93. The van der Waals surface area contributed by atoms with Gasteiger partial charge >= 0.3 is 0 Å². The molecule has 0 bridgehead atoms. The first-order chi connectivity index (χ1) is 9.79. The van der Waals surface area contributed by atoms with Crippen molar-refractivity contribution in [3.05, 3.63) is 29.6 Å². The maximum atomic E-state index is 9.52. The number of rotatable bonds is 2. The lowest BCUT2D eigenvalue weighted by Gasteiger charge is -2.01. The van der Waals surface area contributed by atoms with Gasteiger partial charge in [-0.3, -0.25) is 4.98 Å². The van der Waals surface area contributed by atoms with Crippen molar-refractivity contribution in [3.63, 3.8) is 0 Å². The third-order valence-electron chi connectivity index (χ3n) is 3.41. The van der Waals surface area contributed by atoms with Gasteiger partial charge in [0, 0.05) is 18.3 Å². The van der Waals surface area contributed by atoms with Crippen LogP contribution in [0, 0.1) is 0 Å². The SMILES string of the molecule is OC1CNC(c2nc(-c3cnc4ccsc4c3)no2)C1. The van der Waals surface area contributed by atoms with E-state index in [0.717, 1.165) is 15.8 Å². The van der Waals surface area contributed by atoms with E-state index in [2.05, 4.69) is 20.4 Å². The first-order valence-corrected chi connectivity index (χ1v) is 7.26. The van der Waals surface area contributed by atoms with Crippen LogP contribution in [0.5, 0.6) is 0 Å². The lowest BCUT2D eigenvalue weighted by molar-refractivity contribution is 0.191. The highest BCUT2D eigenvalue weighted by Gasteiger charge is 2.28. The van der Waals surface area contributed by atoms with Crippen LogP contribution in [0.3, 0.4) is 0 Å². The highest BCUT2D eigenvalue weighted by molar-refractivity contribution is 7.17. The van der Waals surface area contributed by atoms with E-state index in [1.165, 1.54) is 0 Å². The molecule has 20 heavy (non-hydrogen) atoms. The van der Waals surface area contributed by atoms with Crippen LogP contribution in [0.2, 0.25) is 0 Å². The standard InChI is InChI=1S/C13H12N4O2S/c18-8-4-10(15-6-8)13-16-12(17-19-13)7-3-11-9(14-5-7)1-2-20-11/h1-3,5,8,10,15,18H,4,6H2. The number of β-amino-alcohol motifs (C(OH)–C–C–N with tert-alkyl or cyclic N) is 1. The Bertz CT molecular complexity index is 754. The largest absolute Gasteiger partial charge is 0.392 e. The first kappa shape index (κ1) is 12.0. The minimum atomic E-state index is -0.348. The van der Waals surface area contributed by atoms with Gasteiger partial charge in [-0.15, -0.1) is 11.3 Å². The molecule has 102 valence electrons. The van der Waals surface area contributed by atoms with E-state index in [4.69, 9.17) is 4.52 Å². The summed E-state index contributed by atoms with van der Waals surface area (Å²) in [5.74, 6) is 1.05. The summed E-state index contributed by atoms with van der Waals surface area (Å²) in [5.41, 5.74) is 1.82. The summed E-state index contributed by atoms with van der Waals surface area (Å²) < 4.78 is 6.39. The van der Waals surface area contributed by atoms with Gasteiger partial charge in [0.2, 0.25) is 11.7 Å². The third-order valence-corrected chi connectivity index (χ3v) is 4.26. The fourth-order valence-electron chi connectivity index (χ4n) is 2.37. The van der Waals surface area contributed by atoms with Gasteiger partial charge in [0.25, 0.3) is 0 Å². The molecule has 1 fully saturated rings. The van der Waals surface area contributed by atoms with E-state index in [0.29, 0.717) is 24.7 Å². The van der Waals surface area contributed by atoms with Gasteiger partial charge in [-0.05, 0) is 23.9 Å². The minimum Gasteiger partial charge on any atom is -0.392 e. The minimum absolute atomic E-state index is 0.0651. The highest BCUT2D eigenvalue weighted by Crippen LogP contribution is 2.27. The Morgan fingerprint density at radius 3 is 3.25 bits per heavy atom. The van der Waals surface area contributed by atoms with Crippen molar-refractivity contribution in [2.45, 2.75) is 18.6 Å². The zero-order valence-electron chi connectivity index (χ0n) is 10.5. The summed E-state index contributed by atoms with van der Waals surface area (Å²) >= 11 is 1.63. The van der Waals surface area contributed by atoms with Crippen molar-refractivity contribution in [3.8, 4) is 11.4 Å². The smallest absolute Gasteiger partial charge is 0.244 e. The van der Waals surface area contributed by atoms with Gasteiger partial charge in [0.15, 0.2) is 0 Å². The molecular weight excluding hydrogens is 276 g/mol. The van der Waals surface area contributed by atoms with E-state index >= 15 is 0 Å². The van der Waals surface area contributed by atoms with Crippen molar-refractivity contribution in [2.75, 3.05) is 6.54 Å². The second-order valence-corrected chi connectivity index (χ2v) is 5.78. The quantitative estimate of drug-likeness (QED) is 0.747. The number of hydrogen-bond donors (Lipinski definition) is 2. The third kappa shape index (κ3) is 2.00. The van der Waals surface area contributed by atoms with Crippen LogP contribution >= 0.6 is 11.3 Å². The van der Waals surface area contributed by atoms with Crippen LogP contribution in [0.1, 0.15) is 18.4 Å². The Hall–Kier alpha value is -1.83. The number of thiophene rings is 1. The van der Waals surface area contributed by atoms with Gasteiger partial charge in [0.1, 0.15) is 0 Å². The summed E-state index contributed by atoms with van der Waals surface area (Å²) in [5, 5.41) is 18.7. The van der Waals surface area contributed by atoms with Gasteiger partial charge in [-0.25, -0.2) is 0 Å². The molecule has 6 nitrogen and oxygen atoms in total. The molecule has 3 aromatic rings. The van der Waals surface area contributed by atoms with Crippen molar-refractivity contribution >= 4 is 21.6 Å². The molecule has 0 saturated carbocycles. The molecule has 4 heterocycles. The number of nitrogens with zero attached hydrogens (tertiary/aromatic N) is 3. The number of hydrogen-bond acceptors (Lipinski definition) is 7. The van der Waals surface area contributed by atoms with E-state index in [9.17, 15) is 5.11 Å². The molecule has 4 rings (SSSR count).